The van der Waals surface area contributed by atoms with Gasteiger partial charge in [-0.05, 0) is 42.8 Å². The summed E-state index contributed by atoms with van der Waals surface area (Å²) in [5.74, 6) is 1.29. The highest BCUT2D eigenvalue weighted by molar-refractivity contribution is 6.35. The molecule has 0 aliphatic carbocycles. The van der Waals surface area contributed by atoms with Crippen molar-refractivity contribution in [3.63, 3.8) is 0 Å². The van der Waals surface area contributed by atoms with E-state index in [2.05, 4.69) is 0 Å². The summed E-state index contributed by atoms with van der Waals surface area (Å²) >= 11 is 12.1. The molecule has 0 saturated heterocycles. The summed E-state index contributed by atoms with van der Waals surface area (Å²) in [6.07, 6.45) is 0. The van der Waals surface area contributed by atoms with Crippen LogP contribution in [0.3, 0.4) is 0 Å². The molecule has 0 N–H and O–H groups in total. The molecule has 24 heavy (non-hydrogen) atoms. The van der Waals surface area contributed by atoms with Crippen LogP contribution in [-0.4, -0.2) is 30.6 Å². The molecule has 2 aromatic carbocycles. The number of ether oxygens (including phenoxy) is 2. The molecule has 0 unspecified atom stereocenters. The summed E-state index contributed by atoms with van der Waals surface area (Å²) in [5, 5.41) is 0.878. The number of rotatable bonds is 4. The molecule has 1 aliphatic heterocycles. The number of amides is 1. The van der Waals surface area contributed by atoms with Crippen LogP contribution in [0.5, 0.6) is 11.5 Å². The van der Waals surface area contributed by atoms with Gasteiger partial charge in [-0.15, -0.1) is 0 Å². The first kappa shape index (κ1) is 16.9. The molecule has 1 aliphatic rings. The lowest BCUT2D eigenvalue weighted by molar-refractivity contribution is 0.0752. The number of nitrogens with zero attached hydrogens (tertiary/aromatic N) is 1. The van der Waals surface area contributed by atoms with Crippen LogP contribution >= 0.6 is 23.2 Å². The zero-order valence-corrected chi connectivity index (χ0v) is 14.7. The van der Waals surface area contributed by atoms with E-state index in [0.29, 0.717) is 47.7 Å². The van der Waals surface area contributed by atoms with Gasteiger partial charge in [-0.3, -0.25) is 4.79 Å². The van der Waals surface area contributed by atoms with Crippen LogP contribution in [0.4, 0.5) is 0 Å². The Morgan fingerprint density at radius 1 is 1.08 bits per heavy atom. The molecule has 0 aromatic heterocycles. The van der Waals surface area contributed by atoms with Crippen LogP contribution < -0.4 is 9.47 Å². The summed E-state index contributed by atoms with van der Waals surface area (Å²) in [5.41, 5.74) is 1.37. The van der Waals surface area contributed by atoms with Gasteiger partial charge in [-0.2, -0.15) is 0 Å². The number of hydrogen-bond donors (Lipinski definition) is 0. The Kier molecular flexibility index (Phi) is 5.17. The normalized spacial score (nSPS) is 12.8. The number of halogens is 2. The standard InChI is InChI=1S/C18H17Cl2NO3/c1-2-21(18(22)14-10-13(19)4-5-15(14)20)11-12-3-6-16-17(9-12)24-8-7-23-16/h3-6,9-10H,2,7-8,11H2,1H3. The lowest BCUT2D eigenvalue weighted by Crippen LogP contribution is -2.30. The maximum atomic E-state index is 12.8. The molecule has 0 fully saturated rings. The van der Waals surface area contributed by atoms with Crippen molar-refractivity contribution in [2.24, 2.45) is 0 Å². The molecule has 4 nitrogen and oxygen atoms in total. The molecule has 1 heterocycles. The fourth-order valence-corrected chi connectivity index (χ4v) is 2.94. The molecule has 3 rings (SSSR count). The predicted octanol–water partition coefficient (Wildman–Crippen LogP) is 4.43. The quantitative estimate of drug-likeness (QED) is 0.804. The fraction of sp³-hybridized carbons (Fsp3) is 0.278. The zero-order valence-electron chi connectivity index (χ0n) is 13.2. The molecule has 126 valence electrons. The smallest absolute Gasteiger partial charge is 0.255 e. The van der Waals surface area contributed by atoms with E-state index in [1.807, 2.05) is 25.1 Å². The van der Waals surface area contributed by atoms with Crippen LogP contribution in [0.25, 0.3) is 0 Å². The Morgan fingerprint density at radius 3 is 2.58 bits per heavy atom. The number of hydrogen-bond acceptors (Lipinski definition) is 3. The van der Waals surface area contributed by atoms with Crippen molar-refractivity contribution in [2.75, 3.05) is 19.8 Å². The van der Waals surface area contributed by atoms with Crippen LogP contribution in [0.2, 0.25) is 10.0 Å². The van der Waals surface area contributed by atoms with E-state index < -0.39 is 0 Å². The van der Waals surface area contributed by atoms with Gasteiger partial charge in [0.15, 0.2) is 11.5 Å². The second kappa shape index (κ2) is 7.32. The van der Waals surface area contributed by atoms with E-state index in [1.165, 1.54) is 0 Å². The summed E-state index contributed by atoms with van der Waals surface area (Å²) in [6.45, 7) is 4.02. The monoisotopic (exact) mass is 365 g/mol. The average molecular weight is 366 g/mol. The first-order chi connectivity index (χ1) is 11.6. The second-order valence-corrected chi connectivity index (χ2v) is 6.27. The zero-order chi connectivity index (χ0) is 17.1. The molecule has 0 bridgehead atoms. The Bertz CT molecular complexity index is 764. The lowest BCUT2D eigenvalue weighted by Gasteiger charge is -2.23. The Morgan fingerprint density at radius 2 is 1.83 bits per heavy atom. The van der Waals surface area contributed by atoms with Gasteiger partial charge in [0.2, 0.25) is 0 Å². The van der Waals surface area contributed by atoms with Crippen molar-refractivity contribution in [3.05, 3.63) is 57.6 Å². The first-order valence-corrected chi connectivity index (χ1v) is 8.47. The third kappa shape index (κ3) is 3.60. The van der Waals surface area contributed by atoms with Gasteiger partial charge >= 0.3 is 0 Å². The Balaban J connectivity index is 1.81. The first-order valence-electron chi connectivity index (χ1n) is 7.71. The summed E-state index contributed by atoms with van der Waals surface area (Å²) < 4.78 is 11.1. The third-order valence-electron chi connectivity index (χ3n) is 3.81. The van der Waals surface area contributed by atoms with Gasteiger partial charge < -0.3 is 14.4 Å². The maximum Gasteiger partial charge on any atom is 0.255 e. The molecule has 0 atom stereocenters. The highest BCUT2D eigenvalue weighted by Crippen LogP contribution is 2.31. The molecule has 0 radical (unpaired) electrons. The molecule has 2 aromatic rings. The molecule has 0 saturated carbocycles. The van der Waals surface area contributed by atoms with Crippen molar-refractivity contribution in [1.29, 1.82) is 0 Å². The second-order valence-electron chi connectivity index (χ2n) is 5.42. The van der Waals surface area contributed by atoms with Gasteiger partial charge in [0.1, 0.15) is 13.2 Å². The van der Waals surface area contributed by atoms with Crippen LogP contribution in [0, 0.1) is 0 Å². The Labute approximate surface area is 150 Å². The molecular formula is C18H17Cl2NO3. The van der Waals surface area contributed by atoms with Crippen molar-refractivity contribution in [1.82, 2.24) is 4.90 Å². The molecule has 0 spiro atoms. The summed E-state index contributed by atoms with van der Waals surface area (Å²) in [7, 11) is 0. The van der Waals surface area contributed by atoms with Gasteiger partial charge in [-0.25, -0.2) is 0 Å². The van der Waals surface area contributed by atoms with E-state index in [1.54, 1.807) is 23.1 Å². The fourth-order valence-electron chi connectivity index (χ4n) is 2.57. The predicted molar refractivity (Wildman–Crippen MR) is 94.3 cm³/mol. The average Bonchev–Trinajstić information content (AvgIpc) is 2.61. The van der Waals surface area contributed by atoms with Crippen molar-refractivity contribution in [3.8, 4) is 11.5 Å². The minimum atomic E-state index is -0.153. The van der Waals surface area contributed by atoms with E-state index in [4.69, 9.17) is 32.7 Å². The van der Waals surface area contributed by atoms with Gasteiger partial charge in [0.05, 0.1) is 10.6 Å². The van der Waals surface area contributed by atoms with Crippen molar-refractivity contribution < 1.29 is 14.3 Å². The number of benzene rings is 2. The van der Waals surface area contributed by atoms with Crippen LogP contribution in [-0.2, 0) is 6.54 Å². The van der Waals surface area contributed by atoms with Gasteiger partial charge in [0.25, 0.3) is 5.91 Å². The SMILES string of the molecule is CCN(Cc1ccc2c(c1)OCCO2)C(=O)c1cc(Cl)ccc1Cl. The highest BCUT2D eigenvalue weighted by Gasteiger charge is 2.19. The lowest BCUT2D eigenvalue weighted by atomic mass is 10.1. The minimum absolute atomic E-state index is 0.153. The topological polar surface area (TPSA) is 38.8 Å². The number of carbonyl (C=O) groups excluding carboxylic acids is 1. The number of fused-ring (bicyclic) bond motifs is 1. The van der Waals surface area contributed by atoms with E-state index in [0.717, 1.165) is 11.3 Å². The molecular weight excluding hydrogens is 349 g/mol. The van der Waals surface area contributed by atoms with E-state index in [9.17, 15) is 4.79 Å². The Hall–Kier alpha value is -1.91. The van der Waals surface area contributed by atoms with Crippen molar-refractivity contribution in [2.45, 2.75) is 13.5 Å². The molecule has 1 amide bonds. The van der Waals surface area contributed by atoms with Gasteiger partial charge in [-0.1, -0.05) is 29.3 Å². The molecule has 6 heteroatoms. The summed E-state index contributed by atoms with van der Waals surface area (Å²) in [4.78, 5) is 14.5. The van der Waals surface area contributed by atoms with Crippen LogP contribution in [0.1, 0.15) is 22.8 Å². The number of carbonyl (C=O) groups is 1. The van der Waals surface area contributed by atoms with Gasteiger partial charge in [0, 0.05) is 18.1 Å². The van der Waals surface area contributed by atoms with E-state index >= 15 is 0 Å². The highest BCUT2D eigenvalue weighted by atomic mass is 35.5. The minimum Gasteiger partial charge on any atom is -0.486 e. The summed E-state index contributed by atoms with van der Waals surface area (Å²) in [6, 6.07) is 10.6. The third-order valence-corrected chi connectivity index (χ3v) is 4.37. The van der Waals surface area contributed by atoms with Crippen LogP contribution in [0.15, 0.2) is 36.4 Å². The largest absolute Gasteiger partial charge is 0.486 e. The van der Waals surface area contributed by atoms with Crippen molar-refractivity contribution >= 4 is 29.1 Å². The maximum absolute atomic E-state index is 12.8. The van der Waals surface area contributed by atoms with E-state index in [-0.39, 0.29) is 5.91 Å².